The molecule has 3 heteroatoms. The number of aromatic nitrogens is 2. The third-order valence-corrected chi connectivity index (χ3v) is 3.61. The van der Waals surface area contributed by atoms with Crippen molar-refractivity contribution in [2.24, 2.45) is 0 Å². The molecule has 1 heterocycles. The standard InChI is InChI=1S/C15H19N3/c1-11-15(10-17-18-11)9-16-8-12-2-4-13(5-3-12)14-6-7-14/h2-5,10,14,16H,6-9H2,1H3,(H,17,18). The number of H-pyrrole nitrogens is 1. The van der Waals surface area contributed by atoms with Gasteiger partial charge in [-0.15, -0.1) is 0 Å². The second-order valence-corrected chi connectivity index (χ2v) is 5.14. The molecule has 3 nitrogen and oxygen atoms in total. The van der Waals surface area contributed by atoms with Crippen LogP contribution in [0.15, 0.2) is 30.5 Å². The number of nitrogens with zero attached hydrogens (tertiary/aromatic N) is 1. The van der Waals surface area contributed by atoms with Crippen LogP contribution in [0.25, 0.3) is 0 Å². The van der Waals surface area contributed by atoms with Crippen molar-refractivity contribution in [1.29, 1.82) is 0 Å². The van der Waals surface area contributed by atoms with Gasteiger partial charge in [-0.1, -0.05) is 24.3 Å². The molecular formula is C15H19N3. The van der Waals surface area contributed by atoms with Gasteiger partial charge in [0.25, 0.3) is 0 Å². The third-order valence-electron chi connectivity index (χ3n) is 3.61. The maximum absolute atomic E-state index is 4.02. The van der Waals surface area contributed by atoms with E-state index in [0.717, 1.165) is 24.7 Å². The monoisotopic (exact) mass is 241 g/mol. The first kappa shape index (κ1) is 11.5. The van der Waals surface area contributed by atoms with E-state index < -0.39 is 0 Å². The van der Waals surface area contributed by atoms with Crippen LogP contribution in [0.2, 0.25) is 0 Å². The summed E-state index contributed by atoms with van der Waals surface area (Å²) in [5.74, 6) is 0.848. The minimum atomic E-state index is 0.848. The Bertz CT molecular complexity index is 509. The predicted octanol–water partition coefficient (Wildman–Crippen LogP) is 2.89. The summed E-state index contributed by atoms with van der Waals surface area (Å²) in [6.07, 6.45) is 4.63. The van der Waals surface area contributed by atoms with Gasteiger partial charge in [0.05, 0.1) is 6.20 Å². The normalized spacial score (nSPS) is 14.9. The average molecular weight is 241 g/mol. The molecule has 1 aliphatic carbocycles. The molecule has 18 heavy (non-hydrogen) atoms. The van der Waals surface area contributed by atoms with Crippen molar-refractivity contribution in [3.8, 4) is 0 Å². The molecule has 0 bridgehead atoms. The van der Waals surface area contributed by atoms with Crippen molar-refractivity contribution < 1.29 is 0 Å². The fraction of sp³-hybridized carbons (Fsp3) is 0.400. The number of rotatable bonds is 5. The van der Waals surface area contributed by atoms with Crippen molar-refractivity contribution in [1.82, 2.24) is 15.5 Å². The van der Waals surface area contributed by atoms with Crippen molar-refractivity contribution in [3.05, 3.63) is 52.8 Å². The third kappa shape index (κ3) is 2.62. The van der Waals surface area contributed by atoms with Gasteiger partial charge in [0.1, 0.15) is 0 Å². The Morgan fingerprint density at radius 3 is 2.61 bits per heavy atom. The van der Waals surface area contributed by atoms with E-state index in [1.165, 1.54) is 29.5 Å². The van der Waals surface area contributed by atoms with Gasteiger partial charge in [0, 0.05) is 24.3 Å². The smallest absolute Gasteiger partial charge is 0.0535 e. The van der Waals surface area contributed by atoms with Crippen molar-refractivity contribution in [2.45, 2.75) is 38.8 Å². The van der Waals surface area contributed by atoms with Crippen molar-refractivity contribution in [2.75, 3.05) is 0 Å². The van der Waals surface area contributed by atoms with Crippen molar-refractivity contribution in [3.63, 3.8) is 0 Å². The summed E-state index contributed by atoms with van der Waals surface area (Å²) in [5.41, 5.74) is 5.24. The lowest BCUT2D eigenvalue weighted by molar-refractivity contribution is 0.690. The SMILES string of the molecule is Cc1[nH]ncc1CNCc1ccc(C2CC2)cc1. The van der Waals surface area contributed by atoms with Crippen LogP contribution in [0, 0.1) is 6.92 Å². The molecule has 0 atom stereocenters. The Morgan fingerprint density at radius 2 is 2.00 bits per heavy atom. The van der Waals surface area contributed by atoms with E-state index >= 15 is 0 Å². The molecule has 1 aliphatic rings. The highest BCUT2D eigenvalue weighted by Crippen LogP contribution is 2.39. The number of benzene rings is 1. The lowest BCUT2D eigenvalue weighted by atomic mass is 10.1. The number of hydrogen-bond acceptors (Lipinski definition) is 2. The summed E-state index contributed by atoms with van der Waals surface area (Å²) in [5, 5.41) is 10.4. The highest BCUT2D eigenvalue weighted by atomic mass is 15.1. The van der Waals surface area contributed by atoms with Gasteiger partial charge < -0.3 is 5.32 Å². The highest BCUT2D eigenvalue weighted by Gasteiger charge is 2.22. The summed E-state index contributed by atoms with van der Waals surface area (Å²) < 4.78 is 0. The average Bonchev–Trinajstić information content (AvgIpc) is 3.16. The van der Waals surface area contributed by atoms with Crippen LogP contribution < -0.4 is 5.32 Å². The van der Waals surface area contributed by atoms with Gasteiger partial charge in [-0.2, -0.15) is 5.10 Å². The number of aryl methyl sites for hydroxylation is 1. The molecule has 0 radical (unpaired) electrons. The Labute approximate surface area is 108 Å². The van der Waals surface area contributed by atoms with Gasteiger partial charge in [0.15, 0.2) is 0 Å². The number of aromatic amines is 1. The fourth-order valence-corrected chi connectivity index (χ4v) is 2.22. The zero-order chi connectivity index (χ0) is 12.4. The molecule has 1 saturated carbocycles. The van der Waals surface area contributed by atoms with E-state index in [1.54, 1.807) is 0 Å². The lowest BCUT2D eigenvalue weighted by Gasteiger charge is -2.05. The molecule has 0 aliphatic heterocycles. The van der Waals surface area contributed by atoms with Gasteiger partial charge in [-0.25, -0.2) is 0 Å². The summed E-state index contributed by atoms with van der Waals surface area (Å²) in [4.78, 5) is 0. The Morgan fingerprint density at radius 1 is 1.22 bits per heavy atom. The Hall–Kier alpha value is -1.61. The molecule has 0 amide bonds. The van der Waals surface area contributed by atoms with Crippen LogP contribution in [0.1, 0.15) is 41.1 Å². The summed E-state index contributed by atoms with van der Waals surface area (Å²) in [6, 6.07) is 9.03. The Kier molecular flexibility index (Phi) is 3.15. The van der Waals surface area contributed by atoms with E-state index in [0.29, 0.717) is 0 Å². The summed E-state index contributed by atoms with van der Waals surface area (Å²) in [7, 11) is 0. The largest absolute Gasteiger partial charge is 0.308 e. The zero-order valence-electron chi connectivity index (χ0n) is 10.7. The summed E-state index contributed by atoms with van der Waals surface area (Å²) >= 11 is 0. The molecule has 0 spiro atoms. The predicted molar refractivity (Wildman–Crippen MR) is 72.3 cm³/mol. The van der Waals surface area contributed by atoms with E-state index in [9.17, 15) is 0 Å². The second-order valence-electron chi connectivity index (χ2n) is 5.14. The Balaban J connectivity index is 1.52. The molecule has 1 aromatic heterocycles. The zero-order valence-corrected chi connectivity index (χ0v) is 10.7. The molecule has 94 valence electrons. The van der Waals surface area contributed by atoms with Gasteiger partial charge in [-0.3, -0.25) is 5.10 Å². The summed E-state index contributed by atoms with van der Waals surface area (Å²) in [6.45, 7) is 3.83. The topological polar surface area (TPSA) is 40.7 Å². The van der Waals surface area contributed by atoms with E-state index in [-0.39, 0.29) is 0 Å². The fourth-order valence-electron chi connectivity index (χ4n) is 2.22. The molecule has 3 rings (SSSR count). The van der Waals surface area contributed by atoms with Crippen molar-refractivity contribution >= 4 is 0 Å². The van der Waals surface area contributed by atoms with Crippen LogP contribution in [-0.4, -0.2) is 10.2 Å². The first-order valence-electron chi connectivity index (χ1n) is 6.61. The van der Waals surface area contributed by atoms with Crippen LogP contribution in [-0.2, 0) is 13.1 Å². The van der Waals surface area contributed by atoms with Gasteiger partial charge in [-0.05, 0) is 36.8 Å². The molecular weight excluding hydrogens is 222 g/mol. The number of nitrogens with one attached hydrogen (secondary N) is 2. The van der Waals surface area contributed by atoms with Crippen LogP contribution in [0.3, 0.4) is 0 Å². The van der Waals surface area contributed by atoms with Gasteiger partial charge in [0.2, 0.25) is 0 Å². The maximum atomic E-state index is 4.02. The van der Waals surface area contributed by atoms with Crippen LogP contribution in [0.5, 0.6) is 0 Å². The lowest BCUT2D eigenvalue weighted by Crippen LogP contribution is -2.12. The minimum absolute atomic E-state index is 0.848. The molecule has 1 fully saturated rings. The van der Waals surface area contributed by atoms with Gasteiger partial charge >= 0.3 is 0 Å². The van der Waals surface area contributed by atoms with Crippen LogP contribution >= 0.6 is 0 Å². The minimum Gasteiger partial charge on any atom is -0.308 e. The second kappa shape index (κ2) is 4.94. The maximum Gasteiger partial charge on any atom is 0.0535 e. The molecule has 2 N–H and O–H groups in total. The molecule has 2 aromatic rings. The first-order valence-corrected chi connectivity index (χ1v) is 6.61. The van der Waals surface area contributed by atoms with E-state index in [4.69, 9.17) is 0 Å². The first-order chi connectivity index (χ1) is 8.83. The quantitative estimate of drug-likeness (QED) is 0.845. The van der Waals surface area contributed by atoms with E-state index in [1.807, 2.05) is 6.20 Å². The molecule has 0 saturated heterocycles. The highest BCUT2D eigenvalue weighted by molar-refractivity contribution is 5.28. The van der Waals surface area contributed by atoms with Crippen LogP contribution in [0.4, 0.5) is 0 Å². The van der Waals surface area contributed by atoms with E-state index in [2.05, 4.69) is 46.7 Å². The number of hydrogen-bond donors (Lipinski definition) is 2. The molecule has 1 aromatic carbocycles. The molecule has 0 unspecified atom stereocenters.